The van der Waals surface area contributed by atoms with E-state index >= 15 is 0 Å². The van der Waals surface area contributed by atoms with Crippen LogP contribution in [0.2, 0.25) is 4.44 Å². The maximum absolute atomic E-state index is 5.81. The van der Waals surface area contributed by atoms with Crippen LogP contribution < -0.4 is 5.73 Å². The van der Waals surface area contributed by atoms with Crippen molar-refractivity contribution < 1.29 is 0 Å². The normalized spacial score (nSPS) is 12.0. The summed E-state index contributed by atoms with van der Waals surface area (Å²) in [6.45, 7) is 7.82. The Labute approximate surface area is 140 Å². The van der Waals surface area contributed by atoms with Crippen LogP contribution in [0.4, 0.5) is 0 Å². The molecule has 0 radical (unpaired) electrons. The molecule has 0 fully saturated rings. The summed E-state index contributed by atoms with van der Waals surface area (Å²) in [4.78, 5) is 0. The van der Waals surface area contributed by atoms with Crippen molar-refractivity contribution in [3.8, 4) is 0 Å². The first-order valence-electron chi connectivity index (χ1n) is 8.36. The van der Waals surface area contributed by atoms with E-state index in [4.69, 9.17) is 5.73 Å². The first-order chi connectivity index (χ1) is 9.74. The molecule has 0 heterocycles. The molecule has 0 atom stereocenters. The van der Waals surface area contributed by atoms with Crippen molar-refractivity contribution in [2.75, 3.05) is 23.8 Å². The molecule has 2 N–H and O–H groups in total. The van der Waals surface area contributed by atoms with Crippen molar-refractivity contribution in [3.63, 3.8) is 0 Å². The van der Waals surface area contributed by atoms with Crippen LogP contribution in [0.1, 0.15) is 65.7 Å². The van der Waals surface area contributed by atoms with Crippen LogP contribution in [0, 0.1) is 0 Å². The van der Waals surface area contributed by atoms with Gasteiger partial charge >= 0.3 is 141 Å². The van der Waals surface area contributed by atoms with Gasteiger partial charge in [-0.05, 0) is 0 Å². The molecule has 0 rings (SSSR count). The summed E-state index contributed by atoms with van der Waals surface area (Å²) in [5.74, 6) is 4.19. The molecule has 0 aliphatic rings. The standard InChI is InChI=1S/3C4H10S.C3H8N.Sn/c3*1-2-3-4-5;1-2-3-4;/h3*5H,2-4H2,1H3;1-4H2;/q;;;;+3/p-3. The van der Waals surface area contributed by atoms with E-state index in [1.165, 1.54) is 66.6 Å². The van der Waals surface area contributed by atoms with Crippen molar-refractivity contribution in [2.24, 2.45) is 5.73 Å². The van der Waals surface area contributed by atoms with E-state index in [1.807, 2.05) is 0 Å². The van der Waals surface area contributed by atoms with E-state index in [9.17, 15) is 0 Å². The van der Waals surface area contributed by atoms with Crippen molar-refractivity contribution in [1.29, 1.82) is 0 Å². The number of nitrogens with two attached hydrogens (primary N) is 1. The molecule has 0 aromatic carbocycles. The summed E-state index contributed by atoms with van der Waals surface area (Å²) in [6.07, 6.45) is 9.46. The van der Waals surface area contributed by atoms with Crippen molar-refractivity contribution in [3.05, 3.63) is 0 Å². The molecule has 0 bridgehead atoms. The van der Waals surface area contributed by atoms with Gasteiger partial charge in [0.25, 0.3) is 0 Å². The van der Waals surface area contributed by atoms with Crippen LogP contribution in [-0.2, 0) is 0 Å². The van der Waals surface area contributed by atoms with Gasteiger partial charge in [0.15, 0.2) is 0 Å². The van der Waals surface area contributed by atoms with Crippen molar-refractivity contribution in [2.45, 2.75) is 70.2 Å². The second-order valence-corrected chi connectivity index (χ2v) is 39.2. The van der Waals surface area contributed by atoms with Gasteiger partial charge in [-0.3, -0.25) is 0 Å². The fraction of sp³-hybridized carbons (Fsp3) is 1.00. The zero-order chi connectivity index (χ0) is 15.1. The molecular weight excluding hydrogens is 409 g/mol. The summed E-state index contributed by atoms with van der Waals surface area (Å²) in [5.41, 5.74) is 5.81. The van der Waals surface area contributed by atoms with Crippen LogP contribution in [0.25, 0.3) is 0 Å². The second-order valence-electron chi connectivity index (χ2n) is 5.18. The zero-order valence-corrected chi connectivity index (χ0v) is 19.1. The molecule has 0 spiro atoms. The van der Waals surface area contributed by atoms with Crippen molar-refractivity contribution >= 4 is 41.1 Å². The summed E-state index contributed by atoms with van der Waals surface area (Å²) in [7, 11) is 7.24. The quantitative estimate of drug-likeness (QED) is 0.252. The molecule has 0 amide bonds. The summed E-state index contributed by atoms with van der Waals surface area (Å²) in [5, 5.41) is 0. The zero-order valence-electron chi connectivity index (χ0n) is 13.8. The van der Waals surface area contributed by atoms with Gasteiger partial charge in [0, 0.05) is 0 Å². The number of rotatable bonds is 15. The number of hydrogen-bond donors (Lipinski definition) is 1. The Bertz CT molecular complexity index is 179. The van der Waals surface area contributed by atoms with Crippen LogP contribution in [-0.4, -0.2) is 38.0 Å². The fourth-order valence-electron chi connectivity index (χ4n) is 1.78. The van der Waals surface area contributed by atoms with E-state index in [0.29, 0.717) is 0 Å². The number of unbranched alkanes of at least 4 members (excludes halogenated alkanes) is 3. The van der Waals surface area contributed by atoms with Gasteiger partial charge < -0.3 is 0 Å². The molecule has 0 aromatic heterocycles. The Kier molecular flexibility index (Phi) is 17.1. The summed E-state index contributed by atoms with van der Waals surface area (Å²) < 4.78 is 1.47. The Balaban J connectivity index is 4.48. The molecule has 0 unspecified atom stereocenters. The van der Waals surface area contributed by atoms with Gasteiger partial charge in [0.2, 0.25) is 0 Å². The van der Waals surface area contributed by atoms with Gasteiger partial charge in [0.05, 0.1) is 0 Å². The first kappa shape index (κ1) is 21.8. The Morgan fingerprint density at radius 1 is 0.700 bits per heavy atom. The Morgan fingerprint density at radius 2 is 1.10 bits per heavy atom. The third-order valence-electron chi connectivity index (χ3n) is 3.15. The number of hydrogen-bond acceptors (Lipinski definition) is 4. The third-order valence-corrected chi connectivity index (χ3v) is 43.6. The minimum atomic E-state index is -2.09. The van der Waals surface area contributed by atoms with E-state index in [-0.39, 0.29) is 0 Å². The topological polar surface area (TPSA) is 26.0 Å². The predicted molar refractivity (Wildman–Crippen MR) is 106 cm³/mol. The first-order valence-corrected chi connectivity index (χ1v) is 23.8. The molecule has 20 heavy (non-hydrogen) atoms. The van der Waals surface area contributed by atoms with E-state index in [1.54, 1.807) is 0 Å². The van der Waals surface area contributed by atoms with Crippen LogP contribution in [0.5, 0.6) is 0 Å². The molecule has 0 saturated carbocycles. The second kappa shape index (κ2) is 15.7. The molecule has 122 valence electrons. The molecule has 5 heteroatoms. The van der Waals surface area contributed by atoms with Gasteiger partial charge in [-0.1, -0.05) is 0 Å². The summed E-state index contributed by atoms with van der Waals surface area (Å²) >= 11 is -2.09. The monoisotopic (exact) mass is 445 g/mol. The van der Waals surface area contributed by atoms with Crippen LogP contribution in [0.15, 0.2) is 0 Å². The fourth-order valence-corrected chi connectivity index (χ4v) is 42.1. The van der Waals surface area contributed by atoms with Crippen molar-refractivity contribution in [1.82, 2.24) is 0 Å². The minimum absolute atomic E-state index is 0.885. The SMILES string of the molecule is CCCC[S][Sn]([CH2]CCN)([S]CCCC)[S]CCCC. The van der Waals surface area contributed by atoms with Crippen LogP contribution >= 0.6 is 26.8 Å². The molecule has 0 saturated heterocycles. The van der Waals surface area contributed by atoms with E-state index in [2.05, 4.69) is 47.6 Å². The molecule has 1 nitrogen and oxygen atoms in total. The van der Waals surface area contributed by atoms with Gasteiger partial charge in [-0.15, -0.1) is 0 Å². The average molecular weight is 444 g/mol. The van der Waals surface area contributed by atoms with E-state index < -0.39 is 14.2 Å². The Morgan fingerprint density at radius 3 is 1.40 bits per heavy atom. The third kappa shape index (κ3) is 11.4. The van der Waals surface area contributed by atoms with Gasteiger partial charge in [-0.25, -0.2) is 0 Å². The Hall–Kier alpha value is 1.81. The molecule has 0 aliphatic carbocycles. The van der Waals surface area contributed by atoms with Gasteiger partial charge in [-0.2, -0.15) is 0 Å². The van der Waals surface area contributed by atoms with E-state index in [0.717, 1.165) is 6.54 Å². The predicted octanol–water partition coefficient (Wildman–Crippen LogP) is 5.87. The average Bonchev–Trinajstić information content (AvgIpc) is 2.46. The van der Waals surface area contributed by atoms with Crippen LogP contribution in [0.3, 0.4) is 0 Å². The maximum atomic E-state index is 5.81. The molecular formula is C15H35NS3Sn. The van der Waals surface area contributed by atoms with Gasteiger partial charge in [0.1, 0.15) is 0 Å². The molecule has 0 aromatic rings. The molecule has 0 aliphatic heterocycles. The summed E-state index contributed by atoms with van der Waals surface area (Å²) in [6, 6.07) is 0.